The Morgan fingerprint density at radius 2 is 1.80 bits per heavy atom. The van der Waals surface area contributed by atoms with Crippen LogP contribution in [-0.4, -0.2) is 42.4 Å². The number of carboxylic acid groups (broad SMARTS) is 1. The van der Waals surface area contributed by atoms with Crippen LogP contribution in [0.4, 0.5) is 4.79 Å². The normalized spacial score (nSPS) is 42.0. The highest BCUT2D eigenvalue weighted by molar-refractivity contribution is 5.77. The lowest BCUT2D eigenvalue weighted by molar-refractivity contribution is -0.144. The number of rotatable bonds is 4. The van der Waals surface area contributed by atoms with Crippen LogP contribution in [0.1, 0.15) is 32.1 Å². The number of carboxylic acids is 1. The fourth-order valence-corrected chi connectivity index (χ4v) is 4.11. The van der Waals surface area contributed by atoms with E-state index < -0.39 is 11.9 Å². The van der Waals surface area contributed by atoms with Crippen LogP contribution in [0.15, 0.2) is 0 Å². The number of hydrogen-bond donors (Lipinski definition) is 3. The Bertz CT molecular complexity index is 408. The Morgan fingerprint density at radius 3 is 2.45 bits per heavy atom. The molecule has 2 amide bonds. The molecule has 0 heterocycles. The number of methoxy groups -OCH3 is 1. The first-order valence-electron chi connectivity index (χ1n) is 7.41. The summed E-state index contributed by atoms with van der Waals surface area (Å²) in [7, 11) is 1.67. The van der Waals surface area contributed by atoms with Crippen LogP contribution in [0.5, 0.6) is 0 Å². The van der Waals surface area contributed by atoms with Crippen molar-refractivity contribution in [1.29, 1.82) is 0 Å². The van der Waals surface area contributed by atoms with Gasteiger partial charge in [0.15, 0.2) is 0 Å². The van der Waals surface area contributed by atoms with Gasteiger partial charge >= 0.3 is 12.0 Å². The van der Waals surface area contributed by atoms with Crippen molar-refractivity contribution >= 4 is 12.0 Å². The number of hydrogen-bond acceptors (Lipinski definition) is 3. The summed E-state index contributed by atoms with van der Waals surface area (Å²) >= 11 is 0. The molecule has 0 spiro atoms. The summed E-state index contributed by atoms with van der Waals surface area (Å²) in [5.74, 6) is -0.609. The second-order valence-corrected chi connectivity index (χ2v) is 6.37. The van der Waals surface area contributed by atoms with E-state index in [9.17, 15) is 14.7 Å². The van der Waals surface area contributed by atoms with Crippen LogP contribution < -0.4 is 10.6 Å². The number of fused-ring (bicyclic) bond motifs is 2. The highest BCUT2D eigenvalue weighted by Gasteiger charge is 2.51. The Balaban J connectivity index is 1.52. The van der Waals surface area contributed by atoms with E-state index in [-0.39, 0.29) is 30.1 Å². The average Bonchev–Trinajstić information content (AvgIpc) is 2.93. The van der Waals surface area contributed by atoms with E-state index in [2.05, 4.69) is 10.6 Å². The minimum absolute atomic E-state index is 0.154. The quantitative estimate of drug-likeness (QED) is 0.716. The molecular weight excluding hydrogens is 260 g/mol. The first-order chi connectivity index (χ1) is 9.58. The summed E-state index contributed by atoms with van der Waals surface area (Å²) in [5, 5.41) is 15.1. The first-order valence-corrected chi connectivity index (χ1v) is 7.41. The number of ether oxygens (including phenoxy) is 1. The molecule has 0 aromatic rings. The van der Waals surface area contributed by atoms with Crippen LogP contribution in [0.3, 0.4) is 0 Å². The monoisotopic (exact) mass is 282 g/mol. The summed E-state index contributed by atoms with van der Waals surface area (Å²) < 4.78 is 5.17. The summed E-state index contributed by atoms with van der Waals surface area (Å²) in [6.45, 7) is 0. The van der Waals surface area contributed by atoms with Crippen molar-refractivity contribution in [1.82, 2.24) is 10.6 Å². The van der Waals surface area contributed by atoms with Gasteiger partial charge in [-0.3, -0.25) is 4.79 Å². The van der Waals surface area contributed by atoms with E-state index in [1.807, 2.05) is 0 Å². The van der Waals surface area contributed by atoms with Gasteiger partial charge in [0, 0.05) is 19.2 Å². The van der Waals surface area contributed by atoms with Crippen molar-refractivity contribution in [2.24, 2.45) is 17.8 Å². The van der Waals surface area contributed by atoms with Crippen LogP contribution in [0.2, 0.25) is 0 Å². The molecule has 3 fully saturated rings. The van der Waals surface area contributed by atoms with Gasteiger partial charge in [0.25, 0.3) is 0 Å². The molecule has 2 bridgehead atoms. The third-order valence-corrected chi connectivity index (χ3v) is 5.26. The van der Waals surface area contributed by atoms with Gasteiger partial charge in [-0.1, -0.05) is 0 Å². The molecule has 3 aliphatic rings. The molecular formula is C14H22N2O4. The number of nitrogens with one attached hydrogen (secondary N) is 2. The highest BCUT2D eigenvalue weighted by Crippen LogP contribution is 2.48. The van der Waals surface area contributed by atoms with Gasteiger partial charge in [-0.2, -0.15) is 0 Å². The van der Waals surface area contributed by atoms with Crippen molar-refractivity contribution in [2.45, 2.75) is 50.3 Å². The second kappa shape index (κ2) is 5.24. The van der Waals surface area contributed by atoms with E-state index in [4.69, 9.17) is 4.74 Å². The van der Waals surface area contributed by atoms with Gasteiger partial charge in [-0.15, -0.1) is 0 Å². The molecule has 6 nitrogen and oxygen atoms in total. The molecule has 3 N–H and O–H groups in total. The van der Waals surface area contributed by atoms with Gasteiger partial charge in [0.05, 0.1) is 12.0 Å². The molecule has 6 heteroatoms. The molecule has 3 aliphatic carbocycles. The van der Waals surface area contributed by atoms with Gasteiger partial charge in [-0.25, -0.2) is 4.79 Å². The van der Waals surface area contributed by atoms with E-state index in [0.717, 1.165) is 32.1 Å². The molecule has 4 atom stereocenters. The van der Waals surface area contributed by atoms with E-state index in [1.54, 1.807) is 7.11 Å². The maximum atomic E-state index is 12.0. The lowest BCUT2D eigenvalue weighted by atomic mass is 9.84. The Labute approximate surface area is 118 Å². The van der Waals surface area contributed by atoms with Gasteiger partial charge in [-0.05, 0) is 43.9 Å². The molecule has 0 aliphatic heterocycles. The number of amides is 2. The zero-order valence-electron chi connectivity index (χ0n) is 11.7. The lowest BCUT2D eigenvalue weighted by Gasteiger charge is -2.35. The van der Waals surface area contributed by atoms with Crippen LogP contribution in [0, 0.1) is 17.8 Å². The minimum Gasteiger partial charge on any atom is -0.481 e. The van der Waals surface area contributed by atoms with Crippen molar-refractivity contribution in [3.8, 4) is 0 Å². The second-order valence-electron chi connectivity index (χ2n) is 6.37. The third-order valence-electron chi connectivity index (χ3n) is 5.26. The van der Waals surface area contributed by atoms with Crippen molar-refractivity contribution in [3.05, 3.63) is 0 Å². The molecule has 112 valence electrons. The Morgan fingerprint density at radius 1 is 1.10 bits per heavy atom. The average molecular weight is 282 g/mol. The number of urea groups is 1. The SMILES string of the molecule is COC1CC(NC(=O)NC2C3CCC(C3)C2C(=O)O)C1. The standard InChI is InChI=1S/C14H22N2O4/c1-20-10-5-9(6-10)15-14(19)16-12-8-3-2-7(4-8)11(12)13(17)18/h7-12H,2-6H2,1H3,(H,17,18)(H2,15,16,19). The zero-order chi connectivity index (χ0) is 14.3. The van der Waals surface area contributed by atoms with E-state index in [1.165, 1.54) is 0 Å². The molecule has 20 heavy (non-hydrogen) atoms. The topological polar surface area (TPSA) is 87.7 Å². The van der Waals surface area contributed by atoms with Crippen molar-refractivity contribution in [2.75, 3.05) is 7.11 Å². The minimum atomic E-state index is -0.773. The summed E-state index contributed by atoms with van der Waals surface area (Å²) in [6, 6.07) is -0.278. The Kier molecular flexibility index (Phi) is 3.58. The molecule has 0 aromatic carbocycles. The molecule has 4 unspecified atom stereocenters. The van der Waals surface area contributed by atoms with Crippen molar-refractivity contribution < 1.29 is 19.4 Å². The van der Waals surface area contributed by atoms with E-state index >= 15 is 0 Å². The third kappa shape index (κ3) is 2.37. The summed E-state index contributed by atoms with van der Waals surface area (Å²) in [4.78, 5) is 23.4. The van der Waals surface area contributed by atoms with Crippen LogP contribution >= 0.6 is 0 Å². The molecule has 3 rings (SSSR count). The zero-order valence-corrected chi connectivity index (χ0v) is 11.7. The van der Waals surface area contributed by atoms with E-state index in [0.29, 0.717) is 5.92 Å². The maximum Gasteiger partial charge on any atom is 0.315 e. The fraction of sp³-hybridized carbons (Fsp3) is 0.857. The maximum absolute atomic E-state index is 12.0. The molecule has 0 saturated heterocycles. The lowest BCUT2D eigenvalue weighted by Crippen LogP contribution is -2.55. The predicted octanol–water partition coefficient (Wildman–Crippen LogP) is 0.962. The first kappa shape index (κ1) is 13.7. The number of carbonyl (C=O) groups excluding carboxylic acids is 1. The summed E-state index contributed by atoms with van der Waals surface area (Å²) in [5.41, 5.74) is 0. The van der Waals surface area contributed by atoms with Gasteiger partial charge < -0.3 is 20.5 Å². The van der Waals surface area contributed by atoms with Gasteiger partial charge in [0.1, 0.15) is 0 Å². The highest BCUT2D eigenvalue weighted by atomic mass is 16.5. The smallest absolute Gasteiger partial charge is 0.315 e. The van der Waals surface area contributed by atoms with Crippen LogP contribution in [0.25, 0.3) is 0 Å². The summed E-state index contributed by atoms with van der Waals surface area (Å²) in [6.07, 6.45) is 4.88. The van der Waals surface area contributed by atoms with Gasteiger partial charge in [0.2, 0.25) is 0 Å². The molecule has 3 saturated carbocycles. The van der Waals surface area contributed by atoms with Crippen LogP contribution in [-0.2, 0) is 9.53 Å². The largest absolute Gasteiger partial charge is 0.481 e. The Hall–Kier alpha value is -1.30. The molecule has 0 radical (unpaired) electrons. The predicted molar refractivity (Wildman–Crippen MR) is 71.2 cm³/mol. The molecule has 0 aromatic heterocycles. The fourth-order valence-electron chi connectivity index (χ4n) is 4.11. The number of carbonyl (C=O) groups is 2. The van der Waals surface area contributed by atoms with Crippen molar-refractivity contribution in [3.63, 3.8) is 0 Å². The number of aliphatic carboxylic acids is 1.